The first-order valence-corrected chi connectivity index (χ1v) is 7.99. The molecule has 0 aliphatic rings. The molecule has 144 valence electrons. The first-order valence-electron chi connectivity index (χ1n) is 7.99. The second-order valence-corrected chi connectivity index (χ2v) is 5.29. The highest BCUT2D eigenvalue weighted by atomic mass is 19.3. The molecule has 27 heavy (non-hydrogen) atoms. The summed E-state index contributed by atoms with van der Waals surface area (Å²) in [5.41, 5.74) is 1.68. The summed E-state index contributed by atoms with van der Waals surface area (Å²) in [4.78, 5) is 12.1. The van der Waals surface area contributed by atoms with E-state index in [1.165, 1.54) is 12.1 Å². The van der Waals surface area contributed by atoms with E-state index in [4.69, 9.17) is 0 Å². The summed E-state index contributed by atoms with van der Waals surface area (Å²) in [6.07, 6.45) is 3.10. The third-order valence-electron chi connectivity index (χ3n) is 3.50. The number of carbonyl (C=O) groups excluding carboxylic acids is 1. The number of para-hydroxylation sites is 1. The second kappa shape index (κ2) is 9.61. The molecule has 1 N–H and O–H groups in total. The van der Waals surface area contributed by atoms with Gasteiger partial charge in [0.1, 0.15) is 11.5 Å². The lowest BCUT2D eigenvalue weighted by Crippen LogP contribution is -2.09. The molecule has 0 aliphatic carbocycles. The van der Waals surface area contributed by atoms with E-state index in [0.717, 1.165) is 30.2 Å². The lowest BCUT2D eigenvalue weighted by atomic mass is 10.1. The number of carbonyl (C=O) groups is 1. The van der Waals surface area contributed by atoms with Crippen molar-refractivity contribution in [1.82, 2.24) is 0 Å². The summed E-state index contributed by atoms with van der Waals surface area (Å²) in [5.74, 6) is -1.20. The van der Waals surface area contributed by atoms with Crippen molar-refractivity contribution in [1.29, 1.82) is 0 Å². The number of aryl methyl sites for hydroxylation is 1. The fourth-order valence-electron chi connectivity index (χ4n) is 2.32. The Morgan fingerprint density at radius 3 is 2.44 bits per heavy atom. The van der Waals surface area contributed by atoms with Crippen LogP contribution in [0.25, 0.3) is 6.08 Å². The molecule has 0 unspecified atom stereocenters. The van der Waals surface area contributed by atoms with E-state index in [0.29, 0.717) is 5.69 Å². The molecule has 1 amide bonds. The summed E-state index contributed by atoms with van der Waals surface area (Å²) in [6, 6.07) is 10.5. The number of ether oxygens (including phenoxy) is 2. The minimum Gasteiger partial charge on any atom is -0.435 e. The van der Waals surface area contributed by atoms with Crippen molar-refractivity contribution >= 4 is 17.7 Å². The molecular weight excluding hydrogens is 366 g/mol. The molecular formula is C19H17F4NO3. The van der Waals surface area contributed by atoms with Crippen molar-refractivity contribution in [3.8, 4) is 11.5 Å². The van der Waals surface area contributed by atoms with Gasteiger partial charge in [-0.1, -0.05) is 25.1 Å². The van der Waals surface area contributed by atoms with Crippen LogP contribution in [0.5, 0.6) is 11.5 Å². The van der Waals surface area contributed by atoms with Gasteiger partial charge in [-0.2, -0.15) is 17.6 Å². The van der Waals surface area contributed by atoms with Crippen LogP contribution in [0.2, 0.25) is 0 Å². The zero-order valence-corrected chi connectivity index (χ0v) is 14.3. The fourth-order valence-corrected chi connectivity index (χ4v) is 2.32. The van der Waals surface area contributed by atoms with Crippen LogP contribution in [0, 0.1) is 0 Å². The molecule has 0 heterocycles. The quantitative estimate of drug-likeness (QED) is 0.509. The topological polar surface area (TPSA) is 47.6 Å². The van der Waals surface area contributed by atoms with Gasteiger partial charge in [0, 0.05) is 23.4 Å². The van der Waals surface area contributed by atoms with E-state index in [1.54, 1.807) is 12.1 Å². The van der Waals surface area contributed by atoms with Crippen LogP contribution in [0.1, 0.15) is 18.1 Å². The van der Waals surface area contributed by atoms with Crippen LogP contribution >= 0.6 is 0 Å². The Bertz CT molecular complexity index is 809. The predicted molar refractivity (Wildman–Crippen MR) is 93.2 cm³/mol. The number of rotatable bonds is 8. The molecule has 0 saturated heterocycles. The highest BCUT2D eigenvalue weighted by molar-refractivity contribution is 6.02. The highest BCUT2D eigenvalue weighted by Crippen LogP contribution is 2.28. The third kappa shape index (κ3) is 6.32. The van der Waals surface area contributed by atoms with Gasteiger partial charge < -0.3 is 14.8 Å². The van der Waals surface area contributed by atoms with Gasteiger partial charge in [-0.15, -0.1) is 0 Å². The van der Waals surface area contributed by atoms with Crippen LogP contribution in [0.15, 0.2) is 48.5 Å². The number of amides is 1. The second-order valence-electron chi connectivity index (χ2n) is 5.29. The summed E-state index contributed by atoms with van der Waals surface area (Å²) >= 11 is 0. The zero-order chi connectivity index (χ0) is 19.8. The van der Waals surface area contributed by atoms with Crippen molar-refractivity contribution in [3.05, 3.63) is 59.7 Å². The van der Waals surface area contributed by atoms with Crippen LogP contribution in [-0.2, 0) is 11.2 Å². The number of nitrogens with one attached hydrogen (secondary N) is 1. The molecule has 0 fully saturated rings. The van der Waals surface area contributed by atoms with Gasteiger partial charge in [0.2, 0.25) is 5.91 Å². The van der Waals surface area contributed by atoms with Crippen molar-refractivity contribution in [3.63, 3.8) is 0 Å². The summed E-state index contributed by atoms with van der Waals surface area (Å²) < 4.78 is 58.1. The van der Waals surface area contributed by atoms with Crippen LogP contribution in [-0.4, -0.2) is 19.1 Å². The Hall–Kier alpha value is -3.03. The average molecular weight is 383 g/mol. The van der Waals surface area contributed by atoms with E-state index in [9.17, 15) is 22.4 Å². The van der Waals surface area contributed by atoms with Crippen LogP contribution in [0.3, 0.4) is 0 Å². The number of hydrogen-bond acceptors (Lipinski definition) is 3. The highest BCUT2D eigenvalue weighted by Gasteiger charge is 2.12. The van der Waals surface area contributed by atoms with E-state index >= 15 is 0 Å². The lowest BCUT2D eigenvalue weighted by Gasteiger charge is -2.11. The Morgan fingerprint density at radius 2 is 1.78 bits per heavy atom. The van der Waals surface area contributed by atoms with E-state index in [1.807, 2.05) is 19.1 Å². The molecule has 0 bridgehead atoms. The molecule has 2 aromatic carbocycles. The lowest BCUT2D eigenvalue weighted by molar-refractivity contribution is -0.111. The van der Waals surface area contributed by atoms with E-state index in [2.05, 4.69) is 14.8 Å². The molecule has 4 nitrogen and oxygen atoms in total. The van der Waals surface area contributed by atoms with Crippen molar-refractivity contribution in [2.75, 3.05) is 5.32 Å². The Morgan fingerprint density at radius 1 is 1.07 bits per heavy atom. The van der Waals surface area contributed by atoms with Gasteiger partial charge >= 0.3 is 13.2 Å². The van der Waals surface area contributed by atoms with Gasteiger partial charge in [-0.05, 0) is 36.3 Å². The minimum absolute atomic E-state index is 0.107. The van der Waals surface area contributed by atoms with Crippen LogP contribution in [0.4, 0.5) is 23.2 Å². The van der Waals surface area contributed by atoms with Crippen molar-refractivity contribution < 1.29 is 31.8 Å². The normalized spacial score (nSPS) is 11.2. The Labute approximate surface area is 153 Å². The fraction of sp³-hybridized carbons (Fsp3) is 0.211. The third-order valence-corrected chi connectivity index (χ3v) is 3.50. The number of halogens is 4. The predicted octanol–water partition coefficient (Wildman–Crippen LogP) is 5.10. The molecule has 0 atom stereocenters. The van der Waals surface area contributed by atoms with Gasteiger partial charge in [-0.25, -0.2) is 0 Å². The molecule has 8 heteroatoms. The van der Waals surface area contributed by atoms with Crippen molar-refractivity contribution in [2.24, 2.45) is 0 Å². The largest absolute Gasteiger partial charge is 0.435 e. The molecule has 0 aliphatic heterocycles. The maximum Gasteiger partial charge on any atom is 0.387 e. The monoisotopic (exact) mass is 383 g/mol. The van der Waals surface area contributed by atoms with Crippen molar-refractivity contribution in [2.45, 2.75) is 26.6 Å². The molecule has 2 rings (SSSR count). The molecule has 0 aromatic heterocycles. The number of hydrogen-bond donors (Lipinski definition) is 1. The molecule has 2 aromatic rings. The van der Waals surface area contributed by atoms with Crippen LogP contribution < -0.4 is 14.8 Å². The molecule has 0 spiro atoms. The maximum absolute atomic E-state index is 12.5. The Kier molecular flexibility index (Phi) is 7.22. The minimum atomic E-state index is -3.16. The summed E-state index contributed by atoms with van der Waals surface area (Å²) in [6.45, 7) is -4.32. The summed E-state index contributed by atoms with van der Waals surface area (Å²) in [7, 11) is 0. The SMILES string of the molecule is CCc1ccccc1NC(=O)C=Cc1ccc(OC(F)F)cc1OC(F)F. The zero-order valence-electron chi connectivity index (χ0n) is 14.3. The molecule has 0 radical (unpaired) electrons. The van der Waals surface area contributed by atoms with Gasteiger partial charge in [0.15, 0.2) is 0 Å². The van der Waals surface area contributed by atoms with Gasteiger partial charge in [0.05, 0.1) is 0 Å². The number of anilines is 1. The maximum atomic E-state index is 12.5. The van der Waals surface area contributed by atoms with E-state index in [-0.39, 0.29) is 17.1 Å². The first-order chi connectivity index (χ1) is 12.9. The average Bonchev–Trinajstić information content (AvgIpc) is 2.60. The first kappa shape index (κ1) is 20.3. The smallest absolute Gasteiger partial charge is 0.387 e. The van der Waals surface area contributed by atoms with Gasteiger partial charge in [0.25, 0.3) is 0 Å². The standard InChI is InChI=1S/C19H17F4NO3/c1-2-12-5-3-4-6-15(12)24-17(25)10-8-13-7-9-14(26-18(20)21)11-16(13)27-19(22)23/h3-11,18-19H,2H2,1H3,(H,24,25). The molecule has 0 saturated carbocycles. The number of benzene rings is 2. The van der Waals surface area contributed by atoms with E-state index < -0.39 is 19.1 Å². The Balaban J connectivity index is 2.17. The van der Waals surface area contributed by atoms with Gasteiger partial charge in [-0.3, -0.25) is 4.79 Å². The summed E-state index contributed by atoms with van der Waals surface area (Å²) in [5, 5.41) is 2.69. The number of alkyl halides is 4.